The van der Waals surface area contributed by atoms with Gasteiger partial charge in [0.25, 0.3) is 5.56 Å². The SMILES string of the molecule is COc1ccc(C(=O)O[C@H](C)c2nc3ccccc3c(=O)[nH]2)cn1. The van der Waals surface area contributed by atoms with E-state index in [9.17, 15) is 9.59 Å². The van der Waals surface area contributed by atoms with Gasteiger partial charge in [0.1, 0.15) is 0 Å². The maximum Gasteiger partial charge on any atom is 0.340 e. The molecule has 0 bridgehead atoms. The van der Waals surface area contributed by atoms with Crippen LogP contribution in [0.1, 0.15) is 29.2 Å². The van der Waals surface area contributed by atoms with Crippen molar-refractivity contribution in [3.8, 4) is 5.88 Å². The second-order valence-corrected chi connectivity index (χ2v) is 5.11. The normalized spacial score (nSPS) is 11.9. The number of benzene rings is 1. The van der Waals surface area contributed by atoms with Crippen LogP contribution in [0, 0.1) is 0 Å². The fourth-order valence-electron chi connectivity index (χ4n) is 2.20. The van der Waals surface area contributed by atoms with Crippen molar-refractivity contribution >= 4 is 16.9 Å². The lowest BCUT2D eigenvalue weighted by Crippen LogP contribution is -2.17. The Balaban J connectivity index is 1.82. The second-order valence-electron chi connectivity index (χ2n) is 5.11. The minimum atomic E-state index is -0.711. The molecule has 122 valence electrons. The lowest BCUT2D eigenvalue weighted by Gasteiger charge is -2.13. The highest BCUT2D eigenvalue weighted by Crippen LogP contribution is 2.17. The molecular weight excluding hydrogens is 310 g/mol. The molecule has 1 aromatic carbocycles. The number of rotatable bonds is 4. The van der Waals surface area contributed by atoms with E-state index >= 15 is 0 Å². The van der Waals surface area contributed by atoms with Gasteiger partial charge in [-0.05, 0) is 25.1 Å². The molecule has 1 N–H and O–H groups in total. The van der Waals surface area contributed by atoms with Gasteiger partial charge in [-0.3, -0.25) is 4.79 Å². The molecule has 0 aliphatic rings. The number of nitrogens with one attached hydrogen (secondary N) is 1. The summed E-state index contributed by atoms with van der Waals surface area (Å²) >= 11 is 0. The van der Waals surface area contributed by atoms with Crippen molar-refractivity contribution in [3.05, 3.63) is 64.3 Å². The molecule has 2 heterocycles. The van der Waals surface area contributed by atoms with Gasteiger partial charge >= 0.3 is 5.97 Å². The van der Waals surface area contributed by atoms with Crippen molar-refractivity contribution in [3.63, 3.8) is 0 Å². The van der Waals surface area contributed by atoms with E-state index < -0.39 is 12.1 Å². The number of aromatic nitrogens is 3. The number of esters is 1. The summed E-state index contributed by atoms with van der Waals surface area (Å²) in [7, 11) is 1.49. The molecule has 0 spiro atoms. The Hall–Kier alpha value is -3.22. The molecule has 1 atom stereocenters. The number of methoxy groups -OCH3 is 1. The maximum atomic E-state index is 12.2. The molecule has 0 aliphatic heterocycles. The van der Waals surface area contributed by atoms with Crippen molar-refractivity contribution in [1.82, 2.24) is 15.0 Å². The van der Waals surface area contributed by atoms with E-state index in [1.165, 1.54) is 13.3 Å². The summed E-state index contributed by atoms with van der Waals surface area (Å²) < 4.78 is 10.3. The van der Waals surface area contributed by atoms with Gasteiger partial charge in [-0.25, -0.2) is 14.8 Å². The fraction of sp³-hybridized carbons (Fsp3) is 0.176. The lowest BCUT2D eigenvalue weighted by atomic mass is 10.2. The summed E-state index contributed by atoms with van der Waals surface area (Å²) in [5.74, 6) is 0.127. The third-order valence-corrected chi connectivity index (χ3v) is 3.48. The van der Waals surface area contributed by atoms with Gasteiger partial charge in [-0.2, -0.15) is 0 Å². The zero-order valence-corrected chi connectivity index (χ0v) is 13.1. The first-order chi connectivity index (χ1) is 11.6. The van der Waals surface area contributed by atoms with Crippen LogP contribution < -0.4 is 10.3 Å². The number of carbonyl (C=O) groups excluding carboxylic acids is 1. The Bertz CT molecular complexity index is 934. The highest BCUT2D eigenvalue weighted by Gasteiger charge is 2.17. The van der Waals surface area contributed by atoms with Crippen molar-refractivity contribution < 1.29 is 14.3 Å². The summed E-state index contributed by atoms with van der Waals surface area (Å²) in [4.78, 5) is 35.2. The molecule has 0 unspecified atom stereocenters. The number of pyridine rings is 1. The number of carbonyl (C=O) groups is 1. The van der Waals surface area contributed by atoms with Gasteiger partial charge in [0.2, 0.25) is 5.88 Å². The molecule has 0 aliphatic carbocycles. The highest BCUT2D eigenvalue weighted by molar-refractivity contribution is 5.89. The predicted octanol–water partition coefficient (Wildman–Crippen LogP) is 2.24. The summed E-state index contributed by atoms with van der Waals surface area (Å²) in [5.41, 5.74) is 0.556. The van der Waals surface area contributed by atoms with Crippen LogP contribution in [0.25, 0.3) is 10.9 Å². The van der Waals surface area contributed by atoms with Gasteiger partial charge in [0.15, 0.2) is 11.9 Å². The third-order valence-electron chi connectivity index (χ3n) is 3.48. The standard InChI is InChI=1S/C17H15N3O4/c1-10(24-17(22)11-7-8-14(23-2)18-9-11)15-19-13-6-4-3-5-12(13)16(21)20-15/h3-10H,1-2H3,(H,19,20,21)/t10-/m1/s1. The molecule has 7 nitrogen and oxygen atoms in total. The van der Waals surface area contributed by atoms with E-state index in [1.807, 2.05) is 0 Å². The predicted molar refractivity (Wildman–Crippen MR) is 87.0 cm³/mol. The first kappa shape index (κ1) is 15.7. The molecule has 0 saturated carbocycles. The van der Waals surface area contributed by atoms with E-state index in [1.54, 1.807) is 43.3 Å². The van der Waals surface area contributed by atoms with E-state index in [2.05, 4.69) is 15.0 Å². The van der Waals surface area contributed by atoms with Crippen molar-refractivity contribution in [1.29, 1.82) is 0 Å². The van der Waals surface area contributed by atoms with Crippen molar-refractivity contribution in [2.45, 2.75) is 13.0 Å². The zero-order valence-electron chi connectivity index (χ0n) is 13.1. The zero-order chi connectivity index (χ0) is 17.1. The molecule has 7 heteroatoms. The van der Waals surface area contributed by atoms with Crippen LogP contribution in [0.3, 0.4) is 0 Å². The van der Waals surface area contributed by atoms with Crippen molar-refractivity contribution in [2.24, 2.45) is 0 Å². The minimum Gasteiger partial charge on any atom is -0.481 e. The van der Waals surface area contributed by atoms with Crippen LogP contribution in [0.2, 0.25) is 0 Å². The molecule has 0 amide bonds. The number of hydrogen-bond donors (Lipinski definition) is 1. The molecule has 0 radical (unpaired) electrons. The smallest absolute Gasteiger partial charge is 0.340 e. The number of hydrogen-bond acceptors (Lipinski definition) is 6. The van der Waals surface area contributed by atoms with Gasteiger partial charge < -0.3 is 14.5 Å². The van der Waals surface area contributed by atoms with Gasteiger partial charge in [0, 0.05) is 12.3 Å². The average Bonchev–Trinajstić information content (AvgIpc) is 2.61. The second kappa shape index (κ2) is 6.49. The number of ether oxygens (including phenoxy) is 2. The van der Waals surface area contributed by atoms with Crippen LogP contribution in [-0.4, -0.2) is 28.0 Å². The van der Waals surface area contributed by atoms with Crippen LogP contribution in [0.5, 0.6) is 5.88 Å². The number of H-pyrrole nitrogens is 1. The molecule has 0 saturated heterocycles. The summed E-state index contributed by atoms with van der Waals surface area (Å²) in [6.45, 7) is 1.64. The number of nitrogens with zero attached hydrogens (tertiary/aromatic N) is 2. The van der Waals surface area contributed by atoms with Crippen LogP contribution >= 0.6 is 0 Å². The van der Waals surface area contributed by atoms with E-state index in [0.717, 1.165) is 0 Å². The fourth-order valence-corrected chi connectivity index (χ4v) is 2.20. The average molecular weight is 325 g/mol. The molecule has 24 heavy (non-hydrogen) atoms. The van der Waals surface area contributed by atoms with Gasteiger partial charge in [-0.15, -0.1) is 0 Å². The third kappa shape index (κ3) is 3.10. The van der Waals surface area contributed by atoms with Crippen LogP contribution in [0.15, 0.2) is 47.4 Å². The molecule has 3 rings (SSSR count). The van der Waals surface area contributed by atoms with Crippen LogP contribution in [0.4, 0.5) is 0 Å². The first-order valence-electron chi connectivity index (χ1n) is 7.28. The Labute approximate surface area is 137 Å². The first-order valence-corrected chi connectivity index (χ1v) is 7.28. The molecular formula is C17H15N3O4. The highest BCUT2D eigenvalue weighted by atomic mass is 16.5. The number of para-hydroxylation sites is 1. The Morgan fingerprint density at radius 1 is 1.21 bits per heavy atom. The van der Waals surface area contributed by atoms with Gasteiger partial charge in [-0.1, -0.05) is 12.1 Å². The summed E-state index contributed by atoms with van der Waals surface area (Å²) in [5, 5.41) is 0.485. The largest absolute Gasteiger partial charge is 0.481 e. The van der Waals surface area contributed by atoms with E-state index in [4.69, 9.17) is 9.47 Å². The van der Waals surface area contributed by atoms with Crippen molar-refractivity contribution in [2.75, 3.05) is 7.11 Å². The Kier molecular flexibility index (Phi) is 4.24. The van der Waals surface area contributed by atoms with Gasteiger partial charge in [0.05, 0.1) is 23.6 Å². The summed E-state index contributed by atoms with van der Waals surface area (Å²) in [6.07, 6.45) is 0.654. The van der Waals surface area contributed by atoms with E-state index in [0.29, 0.717) is 16.8 Å². The number of fused-ring (bicyclic) bond motifs is 1. The maximum absolute atomic E-state index is 12.2. The lowest BCUT2D eigenvalue weighted by molar-refractivity contribution is 0.0319. The Morgan fingerprint density at radius 2 is 2.00 bits per heavy atom. The summed E-state index contributed by atoms with van der Waals surface area (Å²) in [6, 6.07) is 10.1. The van der Waals surface area contributed by atoms with E-state index in [-0.39, 0.29) is 16.9 Å². The minimum absolute atomic E-state index is 0.274. The molecule has 2 aromatic heterocycles. The molecule has 0 fully saturated rings. The topological polar surface area (TPSA) is 94.2 Å². The monoisotopic (exact) mass is 325 g/mol. The number of aromatic amines is 1. The molecule has 3 aromatic rings. The quantitative estimate of drug-likeness (QED) is 0.739. The Morgan fingerprint density at radius 3 is 2.71 bits per heavy atom. The van der Waals surface area contributed by atoms with Crippen LogP contribution in [-0.2, 0) is 4.74 Å².